The molecule has 9 rings (SSSR count). The van der Waals surface area contributed by atoms with Crippen LogP contribution < -0.4 is 0 Å². The number of benzene rings is 7. The molecule has 0 spiro atoms. The molecule has 48 heavy (non-hydrogen) atoms. The van der Waals surface area contributed by atoms with Crippen molar-refractivity contribution in [1.82, 2.24) is 9.13 Å². The molecule has 2 aromatic heterocycles. The third-order valence-electron chi connectivity index (χ3n) is 9.35. The Morgan fingerprint density at radius 2 is 0.833 bits per heavy atom. The van der Waals surface area contributed by atoms with E-state index < -0.39 is 0 Å². The molecule has 2 heterocycles. The van der Waals surface area contributed by atoms with E-state index in [9.17, 15) is 10.5 Å². The lowest BCUT2D eigenvalue weighted by molar-refractivity contribution is 1.18. The summed E-state index contributed by atoms with van der Waals surface area (Å²) in [5.74, 6) is 0. The number of aromatic nitrogens is 2. The predicted octanol–water partition coefficient (Wildman–Crippen LogP) is 11.0. The molecule has 4 nitrogen and oxygen atoms in total. The largest absolute Gasteiger partial charge is 0.309 e. The fraction of sp³-hybridized carbons (Fsp3) is 0. The number of para-hydroxylation sites is 3. The van der Waals surface area contributed by atoms with E-state index in [-0.39, 0.29) is 0 Å². The standard InChI is InChI=1S/C44H26N4/c45-27-29-14-17-31(18-15-29)33-23-34(25-36(24-33)48-42-13-7-4-10-37(42)39-22-30(28-46)16-20-43(39)48)32-19-21-44-40(26-32)38-11-5-6-12-41(38)47(44)35-8-2-1-3-9-35/h1-26H. The second kappa shape index (κ2) is 10.9. The van der Waals surface area contributed by atoms with E-state index in [4.69, 9.17) is 0 Å². The Kier molecular flexibility index (Phi) is 6.22. The SMILES string of the molecule is N#Cc1ccc(-c2cc(-c3ccc4c(c3)c3ccccc3n4-c3ccccc3)cc(-n3c4ccccc4c4cc(C#N)ccc43)c2)cc1. The van der Waals surface area contributed by atoms with Gasteiger partial charge in [0.15, 0.2) is 0 Å². The van der Waals surface area contributed by atoms with Crippen LogP contribution in [0.15, 0.2) is 158 Å². The van der Waals surface area contributed by atoms with Crippen LogP contribution in [0, 0.1) is 22.7 Å². The van der Waals surface area contributed by atoms with Crippen molar-refractivity contribution in [2.75, 3.05) is 0 Å². The lowest BCUT2D eigenvalue weighted by Gasteiger charge is -2.14. The Bertz CT molecular complexity index is 2790. The Morgan fingerprint density at radius 3 is 1.50 bits per heavy atom. The van der Waals surface area contributed by atoms with E-state index in [0.29, 0.717) is 11.1 Å². The zero-order valence-electron chi connectivity index (χ0n) is 25.8. The molecule has 0 amide bonds. The van der Waals surface area contributed by atoms with Crippen LogP contribution in [0.3, 0.4) is 0 Å². The molecule has 0 aliphatic rings. The van der Waals surface area contributed by atoms with Crippen LogP contribution in [-0.2, 0) is 0 Å². The van der Waals surface area contributed by atoms with Gasteiger partial charge in [-0.1, -0.05) is 72.8 Å². The topological polar surface area (TPSA) is 57.4 Å². The summed E-state index contributed by atoms with van der Waals surface area (Å²) in [6.45, 7) is 0. The molecule has 0 atom stereocenters. The highest BCUT2D eigenvalue weighted by atomic mass is 15.0. The number of hydrogen-bond donors (Lipinski definition) is 0. The summed E-state index contributed by atoms with van der Waals surface area (Å²) in [7, 11) is 0. The van der Waals surface area contributed by atoms with Gasteiger partial charge in [-0.3, -0.25) is 0 Å². The van der Waals surface area contributed by atoms with Gasteiger partial charge in [0.05, 0.1) is 45.3 Å². The monoisotopic (exact) mass is 610 g/mol. The molecule has 4 heteroatoms. The van der Waals surface area contributed by atoms with E-state index in [1.165, 1.54) is 16.3 Å². The van der Waals surface area contributed by atoms with Gasteiger partial charge in [0.1, 0.15) is 0 Å². The summed E-state index contributed by atoms with van der Waals surface area (Å²) < 4.78 is 4.63. The smallest absolute Gasteiger partial charge is 0.0991 e. The lowest BCUT2D eigenvalue weighted by Crippen LogP contribution is -1.96. The van der Waals surface area contributed by atoms with Crippen molar-refractivity contribution in [2.45, 2.75) is 0 Å². The molecular weight excluding hydrogens is 585 g/mol. The molecule has 9 aromatic rings. The van der Waals surface area contributed by atoms with Gasteiger partial charge in [-0.15, -0.1) is 0 Å². The predicted molar refractivity (Wildman–Crippen MR) is 195 cm³/mol. The molecule has 0 saturated heterocycles. The Morgan fingerprint density at radius 1 is 0.333 bits per heavy atom. The van der Waals surface area contributed by atoms with Crippen LogP contribution in [0.4, 0.5) is 0 Å². The molecule has 0 bridgehead atoms. The summed E-state index contributed by atoms with van der Waals surface area (Å²) in [4.78, 5) is 0. The molecule has 222 valence electrons. The summed E-state index contributed by atoms with van der Waals surface area (Å²) in [5.41, 5.74) is 12.2. The van der Waals surface area contributed by atoms with Gasteiger partial charge >= 0.3 is 0 Å². The van der Waals surface area contributed by atoms with Crippen molar-refractivity contribution >= 4 is 43.6 Å². The van der Waals surface area contributed by atoms with Crippen LogP contribution >= 0.6 is 0 Å². The Labute approximate surface area is 277 Å². The number of hydrogen-bond acceptors (Lipinski definition) is 2. The van der Waals surface area contributed by atoms with E-state index in [1.54, 1.807) is 0 Å². The first-order valence-corrected chi connectivity index (χ1v) is 15.9. The van der Waals surface area contributed by atoms with Gasteiger partial charge in [0.25, 0.3) is 0 Å². The highest BCUT2D eigenvalue weighted by Gasteiger charge is 2.17. The molecule has 0 fully saturated rings. The van der Waals surface area contributed by atoms with Gasteiger partial charge in [-0.25, -0.2) is 0 Å². The number of nitrogens with zero attached hydrogens (tertiary/aromatic N) is 4. The summed E-state index contributed by atoms with van der Waals surface area (Å²) in [6, 6.07) is 59.2. The van der Waals surface area contributed by atoms with Gasteiger partial charge in [-0.2, -0.15) is 10.5 Å². The van der Waals surface area contributed by atoms with Crippen molar-refractivity contribution < 1.29 is 0 Å². The fourth-order valence-corrected chi connectivity index (χ4v) is 7.14. The minimum atomic E-state index is 0.631. The normalized spacial score (nSPS) is 11.3. The third kappa shape index (κ3) is 4.29. The molecule has 0 N–H and O–H groups in total. The molecule has 0 radical (unpaired) electrons. The van der Waals surface area contributed by atoms with Crippen molar-refractivity contribution in [1.29, 1.82) is 10.5 Å². The second-order valence-corrected chi connectivity index (χ2v) is 12.1. The summed E-state index contributed by atoms with van der Waals surface area (Å²) in [5, 5.41) is 23.7. The minimum Gasteiger partial charge on any atom is -0.309 e. The maximum Gasteiger partial charge on any atom is 0.0991 e. The summed E-state index contributed by atoms with van der Waals surface area (Å²) >= 11 is 0. The molecule has 0 aliphatic heterocycles. The highest BCUT2D eigenvalue weighted by Crippen LogP contribution is 2.39. The molecule has 0 unspecified atom stereocenters. The van der Waals surface area contributed by atoms with E-state index >= 15 is 0 Å². The average molecular weight is 611 g/mol. The molecular formula is C44H26N4. The Balaban J connectivity index is 1.32. The molecule has 0 saturated carbocycles. The Hall–Kier alpha value is -6.88. The van der Waals surface area contributed by atoms with E-state index in [0.717, 1.165) is 61.0 Å². The zero-order valence-corrected chi connectivity index (χ0v) is 25.8. The number of nitriles is 2. The van der Waals surface area contributed by atoms with Crippen molar-refractivity contribution in [3.8, 4) is 45.8 Å². The lowest BCUT2D eigenvalue weighted by atomic mass is 9.96. The van der Waals surface area contributed by atoms with E-state index in [2.05, 4.69) is 124 Å². The van der Waals surface area contributed by atoms with Crippen LogP contribution in [0.25, 0.3) is 77.2 Å². The van der Waals surface area contributed by atoms with Gasteiger partial charge in [0, 0.05) is 32.9 Å². The van der Waals surface area contributed by atoms with Gasteiger partial charge < -0.3 is 9.13 Å². The maximum absolute atomic E-state index is 9.68. The minimum absolute atomic E-state index is 0.631. The van der Waals surface area contributed by atoms with Gasteiger partial charge in [-0.05, 0) is 107 Å². The summed E-state index contributed by atoms with van der Waals surface area (Å²) in [6.07, 6.45) is 0. The van der Waals surface area contributed by atoms with Crippen LogP contribution in [0.2, 0.25) is 0 Å². The molecule has 0 aliphatic carbocycles. The third-order valence-corrected chi connectivity index (χ3v) is 9.35. The zero-order chi connectivity index (χ0) is 32.2. The number of fused-ring (bicyclic) bond motifs is 6. The first-order valence-electron chi connectivity index (χ1n) is 15.9. The van der Waals surface area contributed by atoms with Crippen molar-refractivity contribution in [3.05, 3.63) is 169 Å². The van der Waals surface area contributed by atoms with Gasteiger partial charge in [0.2, 0.25) is 0 Å². The average Bonchev–Trinajstić information content (AvgIpc) is 3.67. The van der Waals surface area contributed by atoms with Crippen molar-refractivity contribution in [3.63, 3.8) is 0 Å². The first-order chi connectivity index (χ1) is 23.7. The quantitative estimate of drug-likeness (QED) is 0.199. The van der Waals surface area contributed by atoms with Crippen LogP contribution in [0.5, 0.6) is 0 Å². The fourth-order valence-electron chi connectivity index (χ4n) is 7.14. The van der Waals surface area contributed by atoms with Crippen molar-refractivity contribution in [2.24, 2.45) is 0 Å². The molecule has 7 aromatic carbocycles. The van der Waals surface area contributed by atoms with Crippen LogP contribution in [0.1, 0.15) is 11.1 Å². The van der Waals surface area contributed by atoms with E-state index in [1.807, 2.05) is 54.6 Å². The number of rotatable bonds is 4. The maximum atomic E-state index is 9.68. The van der Waals surface area contributed by atoms with Crippen LogP contribution in [-0.4, -0.2) is 9.13 Å². The first kappa shape index (κ1) is 27.4. The highest BCUT2D eigenvalue weighted by molar-refractivity contribution is 6.11. The second-order valence-electron chi connectivity index (χ2n) is 12.1.